The number of halogens is 1. The van der Waals surface area contributed by atoms with Crippen LogP contribution in [0.4, 0.5) is 9.18 Å². The van der Waals surface area contributed by atoms with Crippen LogP contribution in [0.15, 0.2) is 40.9 Å². The summed E-state index contributed by atoms with van der Waals surface area (Å²) in [4.78, 5) is 18.8. The second-order valence-corrected chi connectivity index (χ2v) is 7.97. The summed E-state index contributed by atoms with van der Waals surface area (Å²) in [5.74, 6) is 0.831. The summed E-state index contributed by atoms with van der Waals surface area (Å²) in [7, 11) is 0. The zero-order chi connectivity index (χ0) is 22.1. The number of aryl methyl sites for hydroxylation is 1. The first-order chi connectivity index (χ1) is 15.6. The number of urea groups is 1. The largest absolute Gasteiger partial charge is 0.473 e. The van der Waals surface area contributed by atoms with Gasteiger partial charge in [-0.25, -0.2) is 14.2 Å². The van der Waals surface area contributed by atoms with Crippen molar-refractivity contribution in [2.24, 2.45) is 0 Å². The molecule has 1 fully saturated rings. The van der Waals surface area contributed by atoms with Gasteiger partial charge in [0, 0.05) is 31.1 Å². The maximum Gasteiger partial charge on any atom is 0.318 e. The molecule has 1 aromatic carbocycles. The number of ether oxygens (including phenoxy) is 2. The van der Waals surface area contributed by atoms with E-state index in [0.29, 0.717) is 50.1 Å². The molecule has 3 aromatic rings. The minimum atomic E-state index is -0.307. The van der Waals surface area contributed by atoms with Gasteiger partial charge in [0.2, 0.25) is 5.88 Å². The highest BCUT2D eigenvalue weighted by atomic mass is 19.1. The number of carbonyl (C=O) groups excluding carboxylic acids is 1. The lowest BCUT2D eigenvalue weighted by Crippen LogP contribution is -2.53. The van der Waals surface area contributed by atoms with Crippen molar-refractivity contribution in [3.63, 3.8) is 0 Å². The molecule has 0 radical (unpaired) electrons. The molecule has 4 heterocycles. The molecule has 0 saturated carbocycles. The zero-order valence-electron chi connectivity index (χ0n) is 17.6. The van der Waals surface area contributed by atoms with Gasteiger partial charge in [0.15, 0.2) is 0 Å². The molecule has 0 atom stereocenters. The highest BCUT2D eigenvalue weighted by Gasteiger charge is 2.26. The fraction of sp³-hybridized carbons (Fsp3) is 0.348. The van der Waals surface area contributed by atoms with E-state index < -0.39 is 0 Å². The topological polar surface area (TPSA) is 89.7 Å². The highest BCUT2D eigenvalue weighted by molar-refractivity contribution is 5.75. The Morgan fingerprint density at radius 2 is 2.06 bits per heavy atom. The molecule has 0 bridgehead atoms. The first kappa shape index (κ1) is 20.4. The van der Waals surface area contributed by atoms with Gasteiger partial charge in [-0.2, -0.15) is 0 Å². The molecule has 9 heteroatoms. The van der Waals surface area contributed by atoms with Crippen LogP contribution in [0.2, 0.25) is 0 Å². The van der Waals surface area contributed by atoms with Crippen molar-refractivity contribution in [1.82, 2.24) is 20.4 Å². The number of hydrogen-bond acceptors (Lipinski definition) is 6. The fourth-order valence-electron chi connectivity index (χ4n) is 3.78. The van der Waals surface area contributed by atoms with E-state index in [2.05, 4.69) is 15.5 Å². The second-order valence-electron chi connectivity index (χ2n) is 7.97. The number of carbonyl (C=O) groups is 1. The lowest BCUT2D eigenvalue weighted by molar-refractivity contribution is -0.00226. The molecule has 5 rings (SSSR count). The number of fused-ring (bicyclic) bond motifs is 1. The first-order valence-electron chi connectivity index (χ1n) is 10.5. The van der Waals surface area contributed by atoms with Crippen molar-refractivity contribution in [2.45, 2.75) is 32.5 Å². The van der Waals surface area contributed by atoms with E-state index in [0.717, 1.165) is 22.4 Å². The number of pyridine rings is 1. The molecule has 2 aliphatic heterocycles. The van der Waals surface area contributed by atoms with Crippen molar-refractivity contribution in [3.8, 4) is 17.1 Å². The third-order valence-corrected chi connectivity index (χ3v) is 5.74. The quantitative estimate of drug-likeness (QED) is 0.658. The fourth-order valence-corrected chi connectivity index (χ4v) is 3.78. The highest BCUT2D eigenvalue weighted by Crippen LogP contribution is 2.27. The van der Waals surface area contributed by atoms with Crippen molar-refractivity contribution in [1.29, 1.82) is 0 Å². The van der Waals surface area contributed by atoms with Gasteiger partial charge in [-0.1, -0.05) is 11.2 Å². The van der Waals surface area contributed by atoms with Gasteiger partial charge in [-0.15, -0.1) is 0 Å². The zero-order valence-corrected chi connectivity index (χ0v) is 17.6. The minimum absolute atomic E-state index is 0.0690. The Kier molecular flexibility index (Phi) is 5.48. The van der Waals surface area contributed by atoms with Gasteiger partial charge < -0.3 is 24.2 Å². The smallest absolute Gasteiger partial charge is 0.318 e. The van der Waals surface area contributed by atoms with Crippen LogP contribution >= 0.6 is 0 Å². The number of nitrogens with one attached hydrogen (secondary N) is 1. The summed E-state index contributed by atoms with van der Waals surface area (Å²) in [6.07, 6.45) is 0.661. The Morgan fingerprint density at radius 3 is 2.81 bits per heavy atom. The molecular formula is C23H23FN4O4. The number of benzene rings is 1. The van der Waals surface area contributed by atoms with E-state index >= 15 is 0 Å². The summed E-state index contributed by atoms with van der Waals surface area (Å²) in [5, 5.41) is 7.08. The van der Waals surface area contributed by atoms with Crippen LogP contribution < -0.4 is 10.1 Å². The Bertz CT molecular complexity index is 1130. The average molecular weight is 438 g/mol. The van der Waals surface area contributed by atoms with Gasteiger partial charge in [0.1, 0.15) is 23.9 Å². The lowest BCUT2D eigenvalue weighted by Gasteiger charge is -2.33. The van der Waals surface area contributed by atoms with E-state index in [1.54, 1.807) is 23.1 Å². The number of rotatable bonds is 5. The Labute approximate surface area is 184 Å². The van der Waals surface area contributed by atoms with Crippen LogP contribution in [-0.2, 0) is 24.3 Å². The third kappa shape index (κ3) is 4.16. The van der Waals surface area contributed by atoms with Crippen molar-refractivity contribution >= 4 is 6.03 Å². The van der Waals surface area contributed by atoms with Crippen LogP contribution in [0, 0.1) is 12.7 Å². The number of nitrogens with zero attached hydrogens (tertiary/aromatic N) is 3. The Morgan fingerprint density at radius 1 is 1.25 bits per heavy atom. The summed E-state index contributed by atoms with van der Waals surface area (Å²) in [6.45, 7) is 4.31. The van der Waals surface area contributed by atoms with Crippen molar-refractivity contribution in [2.75, 3.05) is 19.8 Å². The summed E-state index contributed by atoms with van der Waals surface area (Å²) in [5.41, 5.74) is 4.11. The molecule has 32 heavy (non-hydrogen) atoms. The SMILES string of the molecule is Cc1onc(-c2ccc(F)cc2)c1COc1ccc2c(n1)CCN(C(=O)NC1COC1)C2. The molecule has 0 unspecified atom stereocenters. The Balaban J connectivity index is 1.25. The second kappa shape index (κ2) is 8.58. The van der Waals surface area contributed by atoms with E-state index in [-0.39, 0.29) is 24.5 Å². The predicted octanol–water partition coefficient (Wildman–Crippen LogP) is 3.23. The van der Waals surface area contributed by atoms with E-state index in [9.17, 15) is 9.18 Å². The molecule has 1 N–H and O–H groups in total. The van der Waals surface area contributed by atoms with Crippen molar-refractivity contribution in [3.05, 3.63) is 64.8 Å². The molecule has 1 saturated heterocycles. The van der Waals surface area contributed by atoms with Gasteiger partial charge in [0.05, 0.1) is 30.5 Å². The maximum absolute atomic E-state index is 13.3. The van der Waals surface area contributed by atoms with Crippen LogP contribution in [0.1, 0.15) is 22.6 Å². The average Bonchev–Trinajstić information content (AvgIpc) is 3.15. The van der Waals surface area contributed by atoms with E-state index in [1.807, 2.05) is 13.0 Å². The van der Waals surface area contributed by atoms with Crippen LogP contribution in [0.5, 0.6) is 5.88 Å². The molecule has 2 aliphatic rings. The van der Waals surface area contributed by atoms with Crippen LogP contribution in [0.25, 0.3) is 11.3 Å². The predicted molar refractivity (Wildman–Crippen MR) is 112 cm³/mol. The first-order valence-corrected chi connectivity index (χ1v) is 10.5. The molecule has 2 aromatic heterocycles. The van der Waals surface area contributed by atoms with Gasteiger partial charge in [-0.05, 0) is 36.8 Å². The molecule has 166 valence electrons. The van der Waals surface area contributed by atoms with E-state index in [1.165, 1.54) is 12.1 Å². The minimum Gasteiger partial charge on any atom is -0.473 e. The lowest BCUT2D eigenvalue weighted by atomic mass is 10.1. The summed E-state index contributed by atoms with van der Waals surface area (Å²) >= 11 is 0. The van der Waals surface area contributed by atoms with Gasteiger partial charge in [0.25, 0.3) is 0 Å². The molecular weight excluding hydrogens is 415 g/mol. The molecule has 8 nitrogen and oxygen atoms in total. The molecule has 2 amide bonds. The molecule has 0 spiro atoms. The monoisotopic (exact) mass is 438 g/mol. The van der Waals surface area contributed by atoms with Crippen molar-refractivity contribution < 1.29 is 23.2 Å². The number of amides is 2. The Hall–Kier alpha value is -3.46. The standard InChI is InChI=1S/C23H23FN4O4/c1-14-19(22(27-32-14)15-2-5-17(24)6-3-15)13-31-21-7-4-16-10-28(9-8-20(16)26-21)23(29)25-18-11-30-12-18/h2-7,18H,8-13H2,1H3,(H,25,29). The summed E-state index contributed by atoms with van der Waals surface area (Å²) in [6, 6.07) is 9.89. The maximum atomic E-state index is 13.3. The number of hydrogen-bond donors (Lipinski definition) is 1. The third-order valence-electron chi connectivity index (χ3n) is 5.74. The normalized spacial score (nSPS) is 15.8. The summed E-state index contributed by atoms with van der Waals surface area (Å²) < 4.78 is 29.6. The van der Waals surface area contributed by atoms with E-state index in [4.69, 9.17) is 14.0 Å². The molecule has 0 aliphatic carbocycles. The number of aromatic nitrogens is 2. The van der Waals surface area contributed by atoms with Gasteiger partial charge in [-0.3, -0.25) is 0 Å². The van der Waals surface area contributed by atoms with Crippen LogP contribution in [0.3, 0.4) is 0 Å². The van der Waals surface area contributed by atoms with Crippen LogP contribution in [-0.4, -0.2) is 46.9 Å². The van der Waals surface area contributed by atoms with Gasteiger partial charge >= 0.3 is 6.03 Å².